The molecule has 4 N–H and O–H groups in total. The molecular weight excluding hydrogens is 348 g/mol. The van der Waals surface area contributed by atoms with Crippen LogP contribution in [-0.4, -0.2) is 117 Å². The molecule has 0 heterocycles. The molecule has 6 heteroatoms. The third-order valence-corrected chi connectivity index (χ3v) is 5.57. The lowest BCUT2D eigenvalue weighted by atomic mass is 10.2. The van der Waals surface area contributed by atoms with E-state index in [1.165, 1.54) is 64.7 Å². The monoisotopic (exact) mass is 402 g/mol. The van der Waals surface area contributed by atoms with Gasteiger partial charge in [0.2, 0.25) is 0 Å². The van der Waals surface area contributed by atoms with Crippen LogP contribution in [0.5, 0.6) is 0 Å². The molecule has 0 aliphatic heterocycles. The summed E-state index contributed by atoms with van der Waals surface area (Å²) in [5, 5.41) is 13.7. The number of unbranched alkanes of at least 4 members (excludes halogenated alkanes) is 1. The molecule has 0 saturated carbocycles. The average Bonchev–Trinajstić information content (AvgIpc) is 2.62. The highest BCUT2D eigenvalue weighted by Crippen LogP contribution is 2.01. The van der Waals surface area contributed by atoms with Crippen LogP contribution in [0.1, 0.15) is 38.5 Å². The van der Waals surface area contributed by atoms with Crippen LogP contribution in [-0.2, 0) is 0 Å². The summed E-state index contributed by atoms with van der Waals surface area (Å²) < 4.78 is 2.27. The van der Waals surface area contributed by atoms with Gasteiger partial charge in [-0.15, -0.1) is 0 Å². The molecule has 0 aromatic heterocycles. The Labute approximate surface area is 177 Å². The zero-order valence-corrected chi connectivity index (χ0v) is 20.2. The molecule has 0 rings (SSSR count). The molecule has 0 aromatic carbocycles. The van der Waals surface area contributed by atoms with Crippen molar-refractivity contribution in [2.45, 2.75) is 38.5 Å². The van der Waals surface area contributed by atoms with Crippen LogP contribution in [0, 0.1) is 0 Å². The summed E-state index contributed by atoms with van der Waals surface area (Å²) in [6.07, 6.45) is 7.62. The normalized spacial score (nSPS) is 12.6. The van der Waals surface area contributed by atoms with E-state index >= 15 is 0 Å². The van der Waals surface area contributed by atoms with Crippen LogP contribution < -0.4 is 21.3 Å². The van der Waals surface area contributed by atoms with Crippen molar-refractivity contribution in [1.29, 1.82) is 0 Å². The lowest BCUT2D eigenvalue weighted by Crippen LogP contribution is -2.43. The molecule has 0 fully saturated rings. The molecule has 0 bridgehead atoms. The minimum atomic E-state index is 1.13. The maximum atomic E-state index is 3.61. The lowest BCUT2D eigenvalue weighted by molar-refractivity contribution is -0.890. The van der Waals surface area contributed by atoms with Crippen LogP contribution in [0.4, 0.5) is 0 Å². The first-order valence-corrected chi connectivity index (χ1v) is 11.7. The molecular formula is C22H54N6+2. The van der Waals surface area contributed by atoms with E-state index in [0.29, 0.717) is 0 Å². The minimum Gasteiger partial charge on any atom is -0.328 e. The van der Waals surface area contributed by atoms with Gasteiger partial charge in [-0.25, -0.2) is 0 Å². The Kier molecular flexibility index (Phi) is 17.5. The molecule has 170 valence electrons. The van der Waals surface area contributed by atoms with E-state index in [4.69, 9.17) is 0 Å². The second-order valence-electron chi connectivity index (χ2n) is 9.59. The molecule has 0 unspecified atom stereocenters. The maximum Gasteiger partial charge on any atom is 0.0794 e. The fourth-order valence-electron chi connectivity index (χ4n) is 3.61. The van der Waals surface area contributed by atoms with Gasteiger partial charge in [0.15, 0.2) is 0 Å². The van der Waals surface area contributed by atoms with E-state index in [-0.39, 0.29) is 0 Å². The molecule has 0 spiro atoms. The fourth-order valence-corrected chi connectivity index (χ4v) is 3.61. The number of hydrogen-bond donors (Lipinski definition) is 4. The number of hydrogen-bond acceptors (Lipinski definition) is 4. The van der Waals surface area contributed by atoms with Crippen molar-refractivity contribution in [3.8, 4) is 0 Å². The van der Waals surface area contributed by atoms with Crippen LogP contribution in [0.3, 0.4) is 0 Å². The second-order valence-corrected chi connectivity index (χ2v) is 9.59. The standard InChI is InChI=1S/C22H54N6/c1-23-13-9-19-27(3,4)21-11-17-25-15-7-8-16-26-18-12-22-28(5,6)20-10-14-24-2/h23-26H,7-22H2,1-6H3/q+2. The number of nitrogens with one attached hydrogen (secondary N) is 4. The third-order valence-electron chi connectivity index (χ3n) is 5.57. The molecule has 6 nitrogen and oxygen atoms in total. The van der Waals surface area contributed by atoms with Crippen LogP contribution in [0.2, 0.25) is 0 Å². The predicted octanol–water partition coefficient (Wildman–Crippen LogP) is 1.10. The number of nitrogens with zero attached hydrogens (tertiary/aromatic N) is 2. The van der Waals surface area contributed by atoms with Gasteiger partial charge in [0.05, 0.1) is 54.4 Å². The largest absolute Gasteiger partial charge is 0.328 e. The van der Waals surface area contributed by atoms with Gasteiger partial charge in [0, 0.05) is 51.9 Å². The summed E-state index contributed by atoms with van der Waals surface area (Å²) in [5.74, 6) is 0. The van der Waals surface area contributed by atoms with E-state index < -0.39 is 0 Å². The van der Waals surface area contributed by atoms with Crippen molar-refractivity contribution in [3.05, 3.63) is 0 Å². The zero-order valence-electron chi connectivity index (χ0n) is 20.2. The van der Waals surface area contributed by atoms with Crippen molar-refractivity contribution in [2.75, 3.05) is 108 Å². The SMILES string of the molecule is CNCCC[N+](C)(C)CCCNCCCCNCCC[N+](C)(C)CCCNC. The quantitative estimate of drug-likeness (QED) is 0.172. The van der Waals surface area contributed by atoms with Crippen molar-refractivity contribution in [2.24, 2.45) is 0 Å². The van der Waals surface area contributed by atoms with Gasteiger partial charge in [-0.2, -0.15) is 0 Å². The average molecular weight is 403 g/mol. The fraction of sp³-hybridized carbons (Fsp3) is 1.00. The van der Waals surface area contributed by atoms with Gasteiger partial charge in [-0.05, 0) is 40.0 Å². The van der Waals surface area contributed by atoms with E-state index in [1.807, 2.05) is 14.1 Å². The van der Waals surface area contributed by atoms with E-state index in [9.17, 15) is 0 Å². The highest BCUT2D eigenvalue weighted by atomic mass is 15.3. The molecule has 0 aromatic rings. The summed E-state index contributed by atoms with van der Waals surface area (Å²) >= 11 is 0. The molecule has 28 heavy (non-hydrogen) atoms. The first kappa shape index (κ1) is 27.8. The Morgan fingerprint density at radius 2 is 0.714 bits per heavy atom. The van der Waals surface area contributed by atoms with Crippen molar-refractivity contribution in [3.63, 3.8) is 0 Å². The molecule has 0 aliphatic carbocycles. The van der Waals surface area contributed by atoms with E-state index in [2.05, 4.69) is 49.5 Å². The topological polar surface area (TPSA) is 48.1 Å². The highest BCUT2D eigenvalue weighted by molar-refractivity contribution is 4.53. The first-order valence-electron chi connectivity index (χ1n) is 11.7. The molecule has 0 amide bonds. The van der Waals surface area contributed by atoms with Gasteiger partial charge < -0.3 is 30.2 Å². The summed E-state index contributed by atoms with van der Waals surface area (Å²) in [7, 11) is 13.5. The van der Waals surface area contributed by atoms with E-state index in [0.717, 1.165) is 48.2 Å². The lowest BCUT2D eigenvalue weighted by Gasteiger charge is -2.30. The molecule has 0 radical (unpaired) electrons. The third kappa shape index (κ3) is 19.1. The Balaban J connectivity index is 3.37. The Morgan fingerprint density at radius 1 is 0.429 bits per heavy atom. The first-order chi connectivity index (χ1) is 13.3. The van der Waals surface area contributed by atoms with Crippen LogP contribution in [0.15, 0.2) is 0 Å². The Hall–Kier alpha value is -0.240. The highest BCUT2D eigenvalue weighted by Gasteiger charge is 2.14. The van der Waals surface area contributed by atoms with Crippen molar-refractivity contribution < 1.29 is 8.97 Å². The van der Waals surface area contributed by atoms with Gasteiger partial charge in [-0.1, -0.05) is 0 Å². The second kappa shape index (κ2) is 17.6. The maximum absolute atomic E-state index is 3.61. The summed E-state index contributed by atoms with van der Waals surface area (Å²) in [5.41, 5.74) is 0. The predicted molar refractivity (Wildman–Crippen MR) is 125 cm³/mol. The molecule has 0 aliphatic rings. The van der Waals surface area contributed by atoms with Crippen LogP contribution >= 0.6 is 0 Å². The zero-order chi connectivity index (χ0) is 21.1. The number of quaternary nitrogens is 2. The molecule has 0 saturated heterocycles. The van der Waals surface area contributed by atoms with Crippen LogP contribution in [0.25, 0.3) is 0 Å². The summed E-state index contributed by atoms with van der Waals surface area (Å²) in [4.78, 5) is 0. The van der Waals surface area contributed by atoms with E-state index in [1.54, 1.807) is 0 Å². The van der Waals surface area contributed by atoms with Gasteiger partial charge in [-0.3, -0.25) is 0 Å². The van der Waals surface area contributed by atoms with Crippen molar-refractivity contribution >= 4 is 0 Å². The molecule has 0 atom stereocenters. The Morgan fingerprint density at radius 3 is 1.04 bits per heavy atom. The van der Waals surface area contributed by atoms with Gasteiger partial charge >= 0.3 is 0 Å². The van der Waals surface area contributed by atoms with Gasteiger partial charge in [0.1, 0.15) is 0 Å². The minimum absolute atomic E-state index is 1.13. The van der Waals surface area contributed by atoms with Gasteiger partial charge in [0.25, 0.3) is 0 Å². The smallest absolute Gasteiger partial charge is 0.0794 e. The Bertz CT molecular complexity index is 301. The summed E-state index contributed by atoms with van der Waals surface area (Å²) in [6.45, 7) is 11.9. The van der Waals surface area contributed by atoms with Crippen molar-refractivity contribution in [1.82, 2.24) is 21.3 Å². The number of rotatable bonds is 21. The summed E-state index contributed by atoms with van der Waals surface area (Å²) in [6, 6.07) is 0.